The Morgan fingerprint density at radius 3 is 2.88 bits per heavy atom. The third kappa shape index (κ3) is 4.98. The molecular formula is C19H24N4O2S. The van der Waals surface area contributed by atoms with Gasteiger partial charge in [-0.1, -0.05) is 18.7 Å². The number of para-hydroxylation sites is 2. The normalized spacial score (nSPS) is 13.5. The van der Waals surface area contributed by atoms with Gasteiger partial charge in [0, 0.05) is 18.5 Å². The minimum Gasteiger partial charge on any atom is -0.487 e. The van der Waals surface area contributed by atoms with Gasteiger partial charge in [0.1, 0.15) is 12.4 Å². The van der Waals surface area contributed by atoms with Crippen molar-refractivity contribution in [2.75, 3.05) is 29.9 Å². The highest BCUT2D eigenvalue weighted by Crippen LogP contribution is 2.25. The quantitative estimate of drug-likeness (QED) is 0.721. The van der Waals surface area contributed by atoms with E-state index in [1.165, 1.54) is 12.8 Å². The van der Waals surface area contributed by atoms with Gasteiger partial charge in [-0.05, 0) is 37.5 Å². The van der Waals surface area contributed by atoms with Gasteiger partial charge in [0.15, 0.2) is 5.13 Å². The summed E-state index contributed by atoms with van der Waals surface area (Å²) in [6, 6.07) is 7.06. The zero-order valence-electron chi connectivity index (χ0n) is 15.0. The molecule has 1 aromatic carbocycles. The molecule has 0 atom stereocenters. The van der Waals surface area contributed by atoms with E-state index in [2.05, 4.69) is 27.1 Å². The van der Waals surface area contributed by atoms with Gasteiger partial charge in [0.05, 0.1) is 17.9 Å². The summed E-state index contributed by atoms with van der Waals surface area (Å²) < 4.78 is 5.66. The number of hydrogen-bond donors (Lipinski definition) is 2. The Kier molecular flexibility index (Phi) is 6.12. The number of carbonyl (C=O) groups is 1. The lowest BCUT2D eigenvalue weighted by molar-refractivity contribution is 0.251. The van der Waals surface area contributed by atoms with Crippen molar-refractivity contribution in [1.82, 2.24) is 10.3 Å². The number of benzene rings is 1. The predicted molar refractivity (Wildman–Crippen MR) is 106 cm³/mol. The highest BCUT2D eigenvalue weighted by molar-refractivity contribution is 7.13. The van der Waals surface area contributed by atoms with Gasteiger partial charge < -0.3 is 20.3 Å². The highest BCUT2D eigenvalue weighted by atomic mass is 32.1. The van der Waals surface area contributed by atoms with E-state index in [1.54, 1.807) is 11.3 Å². The van der Waals surface area contributed by atoms with E-state index >= 15 is 0 Å². The number of ether oxygens (including phenoxy) is 1. The summed E-state index contributed by atoms with van der Waals surface area (Å²) in [4.78, 5) is 19.1. The molecule has 26 heavy (non-hydrogen) atoms. The third-order valence-electron chi connectivity index (χ3n) is 3.96. The monoisotopic (exact) mass is 372 g/mol. The zero-order valence-corrected chi connectivity index (χ0v) is 15.8. The minimum absolute atomic E-state index is 0.285. The summed E-state index contributed by atoms with van der Waals surface area (Å²) >= 11 is 1.63. The Labute approximate surface area is 157 Å². The molecular weight excluding hydrogens is 348 g/mol. The molecule has 0 unspecified atom stereocenters. The lowest BCUT2D eigenvalue weighted by atomic mass is 10.3. The molecule has 0 bridgehead atoms. The molecule has 1 saturated heterocycles. The molecule has 2 aromatic rings. The summed E-state index contributed by atoms with van der Waals surface area (Å²) in [5.74, 6) is 0.621. The Morgan fingerprint density at radius 1 is 1.35 bits per heavy atom. The Balaban J connectivity index is 1.52. The highest BCUT2D eigenvalue weighted by Gasteiger charge is 2.16. The zero-order chi connectivity index (χ0) is 18.4. The number of hydrogen-bond acceptors (Lipinski definition) is 5. The first kappa shape index (κ1) is 18.3. The molecule has 0 spiro atoms. The van der Waals surface area contributed by atoms with Crippen LogP contribution < -0.4 is 20.3 Å². The topological polar surface area (TPSA) is 66.5 Å². The van der Waals surface area contributed by atoms with Crippen LogP contribution in [0.25, 0.3) is 0 Å². The molecule has 0 saturated carbocycles. The molecule has 1 aliphatic heterocycles. The summed E-state index contributed by atoms with van der Waals surface area (Å²) in [7, 11) is 0. The summed E-state index contributed by atoms with van der Waals surface area (Å²) in [5.41, 5.74) is 2.42. The number of nitrogens with one attached hydrogen (secondary N) is 2. The minimum atomic E-state index is -0.285. The van der Waals surface area contributed by atoms with Crippen molar-refractivity contribution in [1.29, 1.82) is 0 Å². The average Bonchev–Trinajstić information content (AvgIpc) is 3.30. The van der Waals surface area contributed by atoms with Crippen LogP contribution in [0.5, 0.6) is 5.75 Å². The molecule has 0 radical (unpaired) electrons. The van der Waals surface area contributed by atoms with Gasteiger partial charge in [0.2, 0.25) is 0 Å². The van der Waals surface area contributed by atoms with Crippen LogP contribution in [-0.2, 0) is 6.54 Å². The van der Waals surface area contributed by atoms with Crippen LogP contribution in [0.3, 0.4) is 0 Å². The molecule has 7 heteroatoms. The fourth-order valence-corrected chi connectivity index (χ4v) is 3.54. The number of urea groups is 1. The van der Waals surface area contributed by atoms with Gasteiger partial charge in [-0.3, -0.25) is 0 Å². The van der Waals surface area contributed by atoms with Crippen molar-refractivity contribution in [3.8, 4) is 5.75 Å². The fourth-order valence-electron chi connectivity index (χ4n) is 2.67. The second-order valence-corrected chi connectivity index (χ2v) is 7.20. The van der Waals surface area contributed by atoms with Crippen LogP contribution in [0.1, 0.15) is 25.5 Å². The van der Waals surface area contributed by atoms with E-state index in [1.807, 2.05) is 36.6 Å². The maximum Gasteiger partial charge on any atom is 0.319 e. The molecule has 2 N–H and O–H groups in total. The maximum atomic E-state index is 12.2. The van der Waals surface area contributed by atoms with Crippen LogP contribution in [0.2, 0.25) is 0 Å². The second kappa shape index (κ2) is 8.71. The van der Waals surface area contributed by atoms with Crippen molar-refractivity contribution in [2.45, 2.75) is 26.3 Å². The first-order valence-corrected chi connectivity index (χ1v) is 9.60. The van der Waals surface area contributed by atoms with Crippen molar-refractivity contribution < 1.29 is 9.53 Å². The van der Waals surface area contributed by atoms with Gasteiger partial charge in [0.25, 0.3) is 0 Å². The van der Waals surface area contributed by atoms with Crippen LogP contribution in [0.15, 0.2) is 41.8 Å². The number of thiazole rings is 1. The summed E-state index contributed by atoms with van der Waals surface area (Å²) in [6.45, 7) is 8.67. The van der Waals surface area contributed by atoms with Crippen LogP contribution in [-0.4, -0.2) is 30.7 Å². The Bertz CT molecular complexity index is 768. The number of aromatic nitrogens is 1. The molecule has 3 rings (SSSR count). The standard InChI is InChI=1S/C19H24N4O2S/c1-14(2)12-25-17-8-4-3-7-16(17)22-18(24)20-11-15-13-26-19(21-15)23-9-5-6-10-23/h3-4,7-8,13H,1,5-6,9-12H2,2H3,(H2,20,22,24). The Morgan fingerprint density at radius 2 is 2.12 bits per heavy atom. The molecule has 6 nitrogen and oxygen atoms in total. The number of amides is 2. The molecule has 2 amide bonds. The van der Waals surface area contributed by atoms with Gasteiger partial charge in [-0.25, -0.2) is 9.78 Å². The van der Waals surface area contributed by atoms with E-state index in [9.17, 15) is 4.79 Å². The number of carbonyl (C=O) groups excluding carboxylic acids is 1. The number of nitrogens with zero attached hydrogens (tertiary/aromatic N) is 2. The van der Waals surface area contributed by atoms with E-state index in [0.29, 0.717) is 24.6 Å². The molecule has 2 heterocycles. The first-order valence-electron chi connectivity index (χ1n) is 8.72. The van der Waals surface area contributed by atoms with Gasteiger partial charge in [-0.15, -0.1) is 11.3 Å². The predicted octanol–water partition coefficient (Wildman–Crippen LogP) is 4.02. The lowest BCUT2D eigenvalue weighted by Crippen LogP contribution is -2.28. The fraction of sp³-hybridized carbons (Fsp3) is 0.368. The van der Waals surface area contributed by atoms with Crippen LogP contribution in [0, 0.1) is 0 Å². The average molecular weight is 372 g/mol. The Hall–Kier alpha value is -2.54. The molecule has 1 aliphatic rings. The van der Waals surface area contributed by atoms with E-state index in [4.69, 9.17) is 4.74 Å². The van der Waals surface area contributed by atoms with E-state index < -0.39 is 0 Å². The summed E-state index contributed by atoms with van der Waals surface area (Å²) in [6.07, 6.45) is 2.45. The number of anilines is 2. The van der Waals surface area contributed by atoms with E-state index in [0.717, 1.165) is 29.5 Å². The second-order valence-electron chi connectivity index (χ2n) is 6.37. The van der Waals surface area contributed by atoms with Crippen molar-refractivity contribution in [2.24, 2.45) is 0 Å². The van der Waals surface area contributed by atoms with Crippen molar-refractivity contribution >= 4 is 28.2 Å². The van der Waals surface area contributed by atoms with Crippen LogP contribution in [0.4, 0.5) is 15.6 Å². The summed E-state index contributed by atoms with van der Waals surface area (Å²) in [5, 5.41) is 8.71. The molecule has 1 aromatic heterocycles. The smallest absolute Gasteiger partial charge is 0.319 e. The molecule has 138 valence electrons. The largest absolute Gasteiger partial charge is 0.487 e. The first-order chi connectivity index (χ1) is 12.6. The van der Waals surface area contributed by atoms with Crippen molar-refractivity contribution in [3.63, 3.8) is 0 Å². The van der Waals surface area contributed by atoms with Crippen molar-refractivity contribution in [3.05, 3.63) is 47.5 Å². The molecule has 1 fully saturated rings. The van der Waals surface area contributed by atoms with Gasteiger partial charge >= 0.3 is 6.03 Å². The lowest BCUT2D eigenvalue weighted by Gasteiger charge is -2.13. The molecule has 0 aliphatic carbocycles. The van der Waals surface area contributed by atoms with Gasteiger partial charge in [-0.2, -0.15) is 0 Å². The number of rotatable bonds is 7. The van der Waals surface area contributed by atoms with E-state index in [-0.39, 0.29) is 6.03 Å². The third-order valence-corrected chi connectivity index (χ3v) is 4.91. The SMILES string of the molecule is C=C(C)COc1ccccc1NC(=O)NCc1csc(N2CCCC2)n1. The maximum absolute atomic E-state index is 12.2. The van der Waals surface area contributed by atoms with Crippen LogP contribution >= 0.6 is 11.3 Å².